The van der Waals surface area contributed by atoms with E-state index in [4.69, 9.17) is 11.6 Å². The molecule has 0 saturated heterocycles. The summed E-state index contributed by atoms with van der Waals surface area (Å²) >= 11 is 5.91. The summed E-state index contributed by atoms with van der Waals surface area (Å²) in [5, 5.41) is 14.3. The molecule has 28 heavy (non-hydrogen) atoms. The van der Waals surface area contributed by atoms with Gasteiger partial charge in [0.15, 0.2) is 0 Å². The number of nitrogens with zero attached hydrogens (tertiary/aromatic N) is 2. The second kappa shape index (κ2) is 8.15. The molecule has 150 valence electrons. The maximum Gasteiger partial charge on any atom is 0.271 e. The minimum Gasteiger partial charge on any atom is -0.324 e. The highest BCUT2D eigenvalue weighted by Gasteiger charge is 2.31. The average Bonchev–Trinajstić information content (AvgIpc) is 2.57. The van der Waals surface area contributed by atoms with Crippen LogP contribution in [0.5, 0.6) is 0 Å². The van der Waals surface area contributed by atoms with Gasteiger partial charge >= 0.3 is 0 Å². The van der Waals surface area contributed by atoms with E-state index in [0.29, 0.717) is 21.8 Å². The molecule has 1 atom stereocenters. The molecule has 0 spiro atoms. The number of hydrogen-bond acceptors (Lipinski definition) is 5. The molecule has 2 rings (SSSR count). The highest BCUT2D eigenvalue weighted by Crippen LogP contribution is 2.30. The van der Waals surface area contributed by atoms with E-state index in [9.17, 15) is 23.3 Å². The Bertz CT molecular complexity index is 1040. The molecule has 0 aliphatic rings. The van der Waals surface area contributed by atoms with Crippen molar-refractivity contribution in [3.05, 3.63) is 62.7 Å². The molecule has 2 aromatic carbocycles. The predicted octanol–water partition coefficient (Wildman–Crippen LogP) is 3.66. The summed E-state index contributed by atoms with van der Waals surface area (Å²) in [5.41, 5.74) is 1.50. The van der Waals surface area contributed by atoms with Gasteiger partial charge < -0.3 is 5.32 Å². The lowest BCUT2D eigenvalue weighted by Gasteiger charge is -2.29. The van der Waals surface area contributed by atoms with E-state index in [1.165, 1.54) is 19.1 Å². The molecule has 0 aliphatic carbocycles. The number of carbonyl (C=O) groups excluding carboxylic acids is 1. The third-order valence-electron chi connectivity index (χ3n) is 4.18. The molecule has 1 amide bonds. The zero-order chi connectivity index (χ0) is 21.2. The topological polar surface area (TPSA) is 110 Å². The Balaban J connectivity index is 2.45. The van der Waals surface area contributed by atoms with E-state index in [1.54, 1.807) is 32.0 Å². The van der Waals surface area contributed by atoms with E-state index < -0.39 is 26.9 Å². The van der Waals surface area contributed by atoms with Gasteiger partial charge in [-0.15, -0.1) is 0 Å². The molecule has 0 unspecified atom stereocenters. The quantitative estimate of drug-likeness (QED) is 0.561. The molecule has 0 heterocycles. The largest absolute Gasteiger partial charge is 0.324 e. The van der Waals surface area contributed by atoms with Gasteiger partial charge in [-0.05, 0) is 50.1 Å². The third kappa shape index (κ3) is 4.79. The Hall–Kier alpha value is -2.65. The second-order valence-electron chi connectivity index (χ2n) is 6.41. The number of non-ortho nitro benzene ring substituents is 1. The number of nitrogens with one attached hydrogen (secondary N) is 1. The Morgan fingerprint density at radius 3 is 2.36 bits per heavy atom. The fraction of sp³-hybridized carbons (Fsp3) is 0.278. The standard InChI is InChI=1S/C18H20ClN3O5S/c1-11-5-7-15(22(24)25)10-17(11)21(28(4,26)27)13(3)18(23)20-16-8-6-14(19)9-12(16)2/h5-10,13H,1-4H3,(H,20,23)/t13-/m0/s1. The second-order valence-corrected chi connectivity index (χ2v) is 8.71. The summed E-state index contributed by atoms with van der Waals surface area (Å²) < 4.78 is 25.8. The van der Waals surface area contributed by atoms with Crippen LogP contribution >= 0.6 is 11.6 Å². The molecular weight excluding hydrogens is 406 g/mol. The number of aryl methyl sites for hydroxylation is 2. The van der Waals surface area contributed by atoms with Crippen LogP contribution in [0.4, 0.5) is 17.1 Å². The molecule has 0 aromatic heterocycles. The molecule has 0 fully saturated rings. The molecule has 0 aliphatic heterocycles. The van der Waals surface area contributed by atoms with E-state index >= 15 is 0 Å². The number of anilines is 2. The van der Waals surface area contributed by atoms with Crippen LogP contribution in [0.3, 0.4) is 0 Å². The number of halogens is 1. The van der Waals surface area contributed by atoms with Gasteiger partial charge in [-0.2, -0.15) is 0 Å². The van der Waals surface area contributed by atoms with Gasteiger partial charge in [0.25, 0.3) is 5.69 Å². The Morgan fingerprint density at radius 2 is 1.82 bits per heavy atom. The molecule has 0 bridgehead atoms. The first-order valence-electron chi connectivity index (χ1n) is 8.23. The number of sulfonamides is 1. The molecule has 2 aromatic rings. The molecule has 0 saturated carbocycles. The summed E-state index contributed by atoms with van der Waals surface area (Å²) in [4.78, 5) is 23.2. The summed E-state index contributed by atoms with van der Waals surface area (Å²) in [6, 6.07) is 7.61. The van der Waals surface area contributed by atoms with Crippen LogP contribution < -0.4 is 9.62 Å². The van der Waals surface area contributed by atoms with Crippen LogP contribution in [-0.4, -0.2) is 31.5 Å². The lowest BCUT2D eigenvalue weighted by molar-refractivity contribution is -0.384. The molecule has 10 heteroatoms. The van der Waals surface area contributed by atoms with Crippen LogP contribution in [0.15, 0.2) is 36.4 Å². The maximum absolute atomic E-state index is 12.8. The first kappa shape index (κ1) is 21.6. The molecule has 1 N–H and O–H groups in total. The lowest BCUT2D eigenvalue weighted by Crippen LogP contribution is -2.45. The van der Waals surface area contributed by atoms with Crippen molar-refractivity contribution in [3.8, 4) is 0 Å². The van der Waals surface area contributed by atoms with E-state index in [2.05, 4.69) is 5.32 Å². The highest BCUT2D eigenvalue weighted by molar-refractivity contribution is 7.92. The zero-order valence-corrected chi connectivity index (χ0v) is 17.3. The van der Waals surface area contributed by atoms with Crippen molar-refractivity contribution in [3.63, 3.8) is 0 Å². The van der Waals surface area contributed by atoms with Gasteiger partial charge in [-0.3, -0.25) is 19.2 Å². The van der Waals surface area contributed by atoms with E-state index in [-0.39, 0.29) is 11.4 Å². The van der Waals surface area contributed by atoms with Crippen LogP contribution in [-0.2, 0) is 14.8 Å². The number of rotatable bonds is 6. The zero-order valence-electron chi connectivity index (χ0n) is 15.8. The maximum atomic E-state index is 12.8. The van der Waals surface area contributed by atoms with Crippen LogP contribution in [0.1, 0.15) is 18.1 Å². The third-order valence-corrected chi connectivity index (χ3v) is 5.64. The average molecular weight is 426 g/mol. The normalized spacial score (nSPS) is 12.3. The van der Waals surface area contributed by atoms with Gasteiger partial charge in [0.05, 0.1) is 16.9 Å². The summed E-state index contributed by atoms with van der Waals surface area (Å²) in [5.74, 6) is -0.582. The van der Waals surface area contributed by atoms with Crippen molar-refractivity contribution >= 4 is 44.6 Å². The summed E-state index contributed by atoms with van der Waals surface area (Å²) in [6.07, 6.45) is 0.947. The summed E-state index contributed by atoms with van der Waals surface area (Å²) in [6.45, 7) is 4.79. The van der Waals surface area contributed by atoms with E-state index in [1.807, 2.05) is 0 Å². The Labute approximate surface area is 168 Å². The number of nitro groups is 1. The van der Waals surface area contributed by atoms with Crippen molar-refractivity contribution in [2.45, 2.75) is 26.8 Å². The molecular formula is C18H20ClN3O5S. The van der Waals surface area contributed by atoms with Crippen molar-refractivity contribution in [1.82, 2.24) is 0 Å². The minimum atomic E-state index is -3.91. The Kier molecular flexibility index (Phi) is 6.30. The molecule has 8 nitrogen and oxygen atoms in total. The number of amides is 1. The van der Waals surface area contributed by atoms with Crippen molar-refractivity contribution < 1.29 is 18.1 Å². The van der Waals surface area contributed by atoms with E-state index in [0.717, 1.165) is 16.6 Å². The number of carbonyl (C=O) groups is 1. The smallest absolute Gasteiger partial charge is 0.271 e. The number of hydrogen-bond donors (Lipinski definition) is 1. The van der Waals surface area contributed by atoms with Crippen LogP contribution in [0, 0.1) is 24.0 Å². The number of benzene rings is 2. The van der Waals surface area contributed by atoms with Gasteiger partial charge in [0.2, 0.25) is 15.9 Å². The Morgan fingerprint density at radius 1 is 1.18 bits per heavy atom. The van der Waals surface area contributed by atoms with Gasteiger partial charge in [0.1, 0.15) is 6.04 Å². The number of nitro benzene ring substituents is 1. The van der Waals surface area contributed by atoms with Crippen LogP contribution in [0.2, 0.25) is 5.02 Å². The fourth-order valence-electron chi connectivity index (χ4n) is 2.73. The van der Waals surface area contributed by atoms with Crippen molar-refractivity contribution in [2.24, 2.45) is 0 Å². The van der Waals surface area contributed by atoms with Gasteiger partial charge in [0, 0.05) is 22.8 Å². The monoisotopic (exact) mass is 425 g/mol. The molecule has 0 radical (unpaired) electrons. The van der Waals surface area contributed by atoms with Gasteiger partial charge in [-0.1, -0.05) is 17.7 Å². The fourth-order valence-corrected chi connectivity index (χ4v) is 4.19. The minimum absolute atomic E-state index is 0.0761. The van der Waals surface area contributed by atoms with Gasteiger partial charge in [-0.25, -0.2) is 8.42 Å². The van der Waals surface area contributed by atoms with Crippen molar-refractivity contribution in [2.75, 3.05) is 15.9 Å². The van der Waals surface area contributed by atoms with Crippen LogP contribution in [0.25, 0.3) is 0 Å². The lowest BCUT2D eigenvalue weighted by atomic mass is 10.1. The highest BCUT2D eigenvalue weighted by atomic mass is 35.5. The van der Waals surface area contributed by atoms with Crippen molar-refractivity contribution in [1.29, 1.82) is 0 Å². The predicted molar refractivity (Wildman–Crippen MR) is 109 cm³/mol. The SMILES string of the molecule is Cc1cc(Cl)ccc1NC(=O)[C@H](C)N(c1cc([N+](=O)[O-])ccc1C)S(C)(=O)=O. The first-order valence-corrected chi connectivity index (χ1v) is 10.5. The first-order chi connectivity index (χ1) is 12.9. The summed E-state index contributed by atoms with van der Waals surface area (Å²) in [7, 11) is -3.91.